The molecule has 1 heterocycles. The van der Waals surface area contributed by atoms with Gasteiger partial charge in [0.25, 0.3) is 5.91 Å². The van der Waals surface area contributed by atoms with Gasteiger partial charge in [0.1, 0.15) is 5.75 Å². The Balaban J connectivity index is 1.48. The van der Waals surface area contributed by atoms with Crippen LogP contribution in [0.25, 0.3) is 0 Å². The van der Waals surface area contributed by atoms with Crippen LogP contribution in [0.5, 0.6) is 5.75 Å². The monoisotopic (exact) mass is 501 g/mol. The molecule has 0 aliphatic heterocycles. The van der Waals surface area contributed by atoms with Gasteiger partial charge in [0.05, 0.1) is 12.3 Å². The highest BCUT2D eigenvalue weighted by molar-refractivity contribution is 7.99. The molecule has 0 aliphatic carbocycles. The Labute approximate surface area is 208 Å². The summed E-state index contributed by atoms with van der Waals surface area (Å²) >= 11 is 7.36. The Hall–Kier alpha value is -3.04. The minimum absolute atomic E-state index is 0.159. The van der Waals surface area contributed by atoms with Crippen molar-refractivity contribution in [2.24, 2.45) is 7.05 Å². The quantitative estimate of drug-likeness (QED) is 0.405. The van der Waals surface area contributed by atoms with Crippen LogP contribution in [0.4, 0.5) is 5.69 Å². The summed E-state index contributed by atoms with van der Waals surface area (Å²) in [5.74, 6) is 0.940. The molecule has 1 aromatic heterocycles. The zero-order valence-electron chi connectivity index (χ0n) is 19.6. The number of rotatable bonds is 10. The molecule has 0 spiro atoms. The average Bonchev–Trinajstić information content (AvgIpc) is 3.18. The highest BCUT2D eigenvalue weighted by Crippen LogP contribution is 2.23. The van der Waals surface area contributed by atoms with Crippen molar-refractivity contribution in [3.05, 3.63) is 64.4 Å². The van der Waals surface area contributed by atoms with Crippen LogP contribution in [0, 0.1) is 6.92 Å². The molecule has 0 aliphatic rings. The molecule has 3 rings (SSSR count). The van der Waals surface area contributed by atoms with Gasteiger partial charge in [-0.2, -0.15) is 0 Å². The van der Waals surface area contributed by atoms with Crippen LogP contribution in [-0.2, 0) is 29.6 Å². The first kappa shape index (κ1) is 25.6. The van der Waals surface area contributed by atoms with Crippen molar-refractivity contribution >= 4 is 40.9 Å². The molecule has 2 amide bonds. The van der Waals surface area contributed by atoms with Crippen molar-refractivity contribution in [2.75, 3.05) is 11.1 Å². The number of hydrogen-bond acceptors (Lipinski definition) is 6. The Kier molecular flexibility index (Phi) is 8.95. The summed E-state index contributed by atoms with van der Waals surface area (Å²) in [7, 11) is 1.79. The number of halogens is 1. The molecule has 180 valence electrons. The molecule has 0 saturated heterocycles. The molecule has 8 nitrogen and oxygen atoms in total. The van der Waals surface area contributed by atoms with Gasteiger partial charge in [-0.15, -0.1) is 10.2 Å². The number of anilines is 1. The van der Waals surface area contributed by atoms with E-state index in [1.54, 1.807) is 36.7 Å². The molecule has 0 fully saturated rings. The maximum Gasteiger partial charge on any atom is 0.261 e. The average molecular weight is 502 g/mol. The Morgan fingerprint density at radius 3 is 2.62 bits per heavy atom. The fraction of sp³-hybridized carbons (Fsp3) is 0.333. The third-order valence-corrected chi connectivity index (χ3v) is 6.66. The van der Waals surface area contributed by atoms with Crippen molar-refractivity contribution in [3.8, 4) is 5.75 Å². The van der Waals surface area contributed by atoms with Gasteiger partial charge in [-0.25, -0.2) is 0 Å². The second kappa shape index (κ2) is 11.9. The van der Waals surface area contributed by atoms with Gasteiger partial charge in [0, 0.05) is 17.8 Å². The normalized spacial score (nSPS) is 11.7. The molecule has 3 aromatic rings. The van der Waals surface area contributed by atoms with E-state index < -0.39 is 6.10 Å². The van der Waals surface area contributed by atoms with Gasteiger partial charge in [0.15, 0.2) is 17.1 Å². The summed E-state index contributed by atoms with van der Waals surface area (Å²) in [5.41, 5.74) is 2.70. The Morgan fingerprint density at radius 1 is 1.18 bits per heavy atom. The summed E-state index contributed by atoms with van der Waals surface area (Å²) in [6.07, 6.45) is 0.286. The number of ether oxygens (including phenoxy) is 1. The van der Waals surface area contributed by atoms with E-state index >= 15 is 0 Å². The van der Waals surface area contributed by atoms with Crippen molar-refractivity contribution in [2.45, 2.75) is 45.0 Å². The SMILES string of the molecule is CCc1ccc(O[C@H](C)C(=O)NCc2nnc(SCC(=O)Nc3cccc(Cl)c3C)n2C)cc1. The van der Waals surface area contributed by atoms with Gasteiger partial charge in [-0.3, -0.25) is 9.59 Å². The predicted molar refractivity (Wildman–Crippen MR) is 134 cm³/mol. The molecule has 2 aromatic carbocycles. The Bertz CT molecular complexity index is 1150. The smallest absolute Gasteiger partial charge is 0.261 e. The second-order valence-electron chi connectivity index (χ2n) is 7.68. The summed E-state index contributed by atoms with van der Waals surface area (Å²) in [5, 5.41) is 15.1. The summed E-state index contributed by atoms with van der Waals surface area (Å²) in [6, 6.07) is 13.0. The van der Waals surface area contributed by atoms with Gasteiger partial charge in [0.2, 0.25) is 5.91 Å². The standard InChI is InChI=1S/C24H28ClN5O3S/c1-5-17-9-11-18(12-10-17)33-16(3)23(32)26-13-21-28-29-24(30(21)4)34-14-22(31)27-20-8-6-7-19(25)15(20)2/h6-12,16H,5,13-14H2,1-4H3,(H,26,32)(H,27,31)/t16-/m1/s1. The van der Waals surface area contributed by atoms with E-state index in [0.717, 1.165) is 12.0 Å². The minimum atomic E-state index is -0.659. The molecular formula is C24H28ClN5O3S. The molecule has 10 heteroatoms. The molecule has 34 heavy (non-hydrogen) atoms. The van der Waals surface area contributed by atoms with E-state index in [1.165, 1.54) is 17.3 Å². The van der Waals surface area contributed by atoms with Crippen LogP contribution in [-0.4, -0.2) is 38.4 Å². The summed E-state index contributed by atoms with van der Waals surface area (Å²) in [6.45, 7) is 5.82. The van der Waals surface area contributed by atoms with Gasteiger partial charge >= 0.3 is 0 Å². The largest absolute Gasteiger partial charge is 0.481 e. The molecule has 0 unspecified atom stereocenters. The van der Waals surface area contributed by atoms with Crippen LogP contribution in [0.2, 0.25) is 5.02 Å². The number of aromatic nitrogens is 3. The molecular weight excluding hydrogens is 474 g/mol. The molecule has 0 radical (unpaired) electrons. The van der Waals surface area contributed by atoms with Crippen LogP contribution in [0.1, 0.15) is 30.8 Å². The third-order valence-electron chi connectivity index (χ3n) is 5.23. The lowest BCUT2D eigenvalue weighted by molar-refractivity contribution is -0.127. The zero-order chi connectivity index (χ0) is 24.7. The first-order valence-corrected chi connectivity index (χ1v) is 12.2. The molecule has 0 bridgehead atoms. The van der Waals surface area contributed by atoms with Crippen LogP contribution < -0.4 is 15.4 Å². The van der Waals surface area contributed by atoms with Gasteiger partial charge < -0.3 is 19.9 Å². The summed E-state index contributed by atoms with van der Waals surface area (Å²) < 4.78 is 7.47. The summed E-state index contributed by atoms with van der Waals surface area (Å²) in [4.78, 5) is 24.8. The Morgan fingerprint density at radius 2 is 1.91 bits per heavy atom. The molecule has 1 atom stereocenters. The van der Waals surface area contributed by atoms with E-state index in [0.29, 0.717) is 27.4 Å². The van der Waals surface area contributed by atoms with Crippen molar-refractivity contribution in [1.29, 1.82) is 0 Å². The van der Waals surface area contributed by atoms with E-state index in [9.17, 15) is 9.59 Å². The number of carbonyl (C=O) groups excluding carboxylic acids is 2. The maximum atomic E-state index is 12.4. The van der Waals surface area contributed by atoms with E-state index in [1.807, 2.05) is 31.2 Å². The number of amides is 2. The van der Waals surface area contributed by atoms with Crippen molar-refractivity contribution in [1.82, 2.24) is 20.1 Å². The molecule has 0 saturated carbocycles. The fourth-order valence-electron chi connectivity index (χ4n) is 3.06. The number of benzene rings is 2. The topological polar surface area (TPSA) is 98.1 Å². The van der Waals surface area contributed by atoms with Crippen LogP contribution in [0.15, 0.2) is 47.6 Å². The van der Waals surface area contributed by atoms with Crippen molar-refractivity contribution in [3.63, 3.8) is 0 Å². The first-order valence-electron chi connectivity index (χ1n) is 10.9. The lowest BCUT2D eigenvalue weighted by atomic mass is 10.2. The van der Waals surface area contributed by atoms with Gasteiger partial charge in [-0.05, 0) is 55.7 Å². The number of nitrogens with one attached hydrogen (secondary N) is 2. The highest BCUT2D eigenvalue weighted by atomic mass is 35.5. The van der Waals surface area contributed by atoms with Crippen LogP contribution in [0.3, 0.4) is 0 Å². The first-order chi connectivity index (χ1) is 16.3. The fourth-order valence-corrected chi connectivity index (χ4v) is 3.96. The van der Waals surface area contributed by atoms with E-state index in [2.05, 4.69) is 27.8 Å². The predicted octanol–water partition coefficient (Wildman–Crippen LogP) is 4.15. The number of carbonyl (C=O) groups is 2. The van der Waals surface area contributed by atoms with Crippen molar-refractivity contribution < 1.29 is 14.3 Å². The molecule has 2 N–H and O–H groups in total. The maximum absolute atomic E-state index is 12.4. The highest BCUT2D eigenvalue weighted by Gasteiger charge is 2.17. The number of aryl methyl sites for hydroxylation is 1. The van der Waals surface area contributed by atoms with Gasteiger partial charge in [-0.1, -0.05) is 48.5 Å². The number of thioether (sulfide) groups is 1. The lowest BCUT2D eigenvalue weighted by Gasteiger charge is -2.15. The van der Waals surface area contributed by atoms with Crippen LogP contribution >= 0.6 is 23.4 Å². The van der Waals surface area contributed by atoms with E-state index in [4.69, 9.17) is 16.3 Å². The minimum Gasteiger partial charge on any atom is -0.481 e. The third kappa shape index (κ3) is 6.74. The number of nitrogens with zero attached hydrogens (tertiary/aromatic N) is 3. The zero-order valence-corrected chi connectivity index (χ0v) is 21.2. The lowest BCUT2D eigenvalue weighted by Crippen LogP contribution is -2.36. The number of hydrogen-bond donors (Lipinski definition) is 2. The van der Waals surface area contributed by atoms with E-state index in [-0.39, 0.29) is 24.1 Å². The second-order valence-corrected chi connectivity index (χ2v) is 9.03.